The highest BCUT2D eigenvalue weighted by molar-refractivity contribution is 7.92. The number of rotatable bonds is 8. The molecule has 1 N–H and O–H groups in total. The lowest BCUT2D eigenvalue weighted by Gasteiger charge is -2.21. The van der Waals surface area contributed by atoms with E-state index in [1.54, 1.807) is 55.6 Å². The summed E-state index contributed by atoms with van der Waals surface area (Å²) in [5.41, 5.74) is 3.35. The van der Waals surface area contributed by atoms with E-state index in [-0.39, 0.29) is 6.54 Å². The average molecular weight is 391 g/mol. The van der Waals surface area contributed by atoms with Gasteiger partial charge < -0.3 is 9.47 Å². The molecule has 9 heteroatoms. The first kappa shape index (κ1) is 20.2. The van der Waals surface area contributed by atoms with Crippen LogP contribution in [0.5, 0.6) is 11.5 Å². The Hall–Kier alpha value is -3.07. The van der Waals surface area contributed by atoms with Gasteiger partial charge in [-0.1, -0.05) is 18.2 Å². The highest BCUT2D eigenvalue weighted by Crippen LogP contribution is 2.23. The number of sulfonamides is 1. The van der Waals surface area contributed by atoms with Gasteiger partial charge in [0.05, 0.1) is 32.4 Å². The molecule has 0 fully saturated rings. The van der Waals surface area contributed by atoms with Crippen molar-refractivity contribution in [3.63, 3.8) is 0 Å². The fraction of sp³-hybridized carbons (Fsp3) is 0.222. The van der Waals surface area contributed by atoms with Gasteiger partial charge in [0.2, 0.25) is 10.0 Å². The number of carbonyl (C=O) groups excluding carboxylic acids is 1. The van der Waals surface area contributed by atoms with Gasteiger partial charge in [-0.2, -0.15) is 5.10 Å². The summed E-state index contributed by atoms with van der Waals surface area (Å²) in [7, 11) is -0.569. The minimum atomic E-state index is -3.62. The smallest absolute Gasteiger partial charge is 0.260 e. The van der Waals surface area contributed by atoms with Gasteiger partial charge in [-0.05, 0) is 24.3 Å². The van der Waals surface area contributed by atoms with Crippen molar-refractivity contribution in [2.75, 3.05) is 31.3 Å². The lowest BCUT2D eigenvalue weighted by atomic mass is 10.2. The van der Waals surface area contributed by atoms with Crippen molar-refractivity contribution in [2.24, 2.45) is 5.10 Å². The van der Waals surface area contributed by atoms with Gasteiger partial charge in [0.1, 0.15) is 18.0 Å². The highest BCUT2D eigenvalue weighted by atomic mass is 32.2. The Morgan fingerprint density at radius 3 is 2.44 bits per heavy atom. The first-order chi connectivity index (χ1) is 12.8. The summed E-state index contributed by atoms with van der Waals surface area (Å²) in [6, 6.07) is 13.5. The van der Waals surface area contributed by atoms with Crippen molar-refractivity contribution in [3.8, 4) is 11.5 Å². The zero-order valence-corrected chi connectivity index (χ0v) is 16.1. The molecule has 144 valence electrons. The lowest BCUT2D eigenvalue weighted by molar-refractivity contribution is -0.119. The topological polar surface area (TPSA) is 97.3 Å². The minimum Gasteiger partial charge on any atom is -0.497 e. The second-order valence-electron chi connectivity index (χ2n) is 5.51. The zero-order valence-electron chi connectivity index (χ0n) is 15.2. The van der Waals surface area contributed by atoms with E-state index in [1.807, 2.05) is 0 Å². The fourth-order valence-electron chi connectivity index (χ4n) is 2.26. The van der Waals surface area contributed by atoms with Crippen LogP contribution in [0.4, 0.5) is 5.69 Å². The van der Waals surface area contributed by atoms with Crippen molar-refractivity contribution in [2.45, 2.75) is 0 Å². The molecule has 27 heavy (non-hydrogen) atoms. The summed E-state index contributed by atoms with van der Waals surface area (Å²) >= 11 is 0. The Kier molecular flexibility index (Phi) is 6.78. The maximum Gasteiger partial charge on any atom is 0.260 e. The Balaban J connectivity index is 2.07. The van der Waals surface area contributed by atoms with E-state index in [2.05, 4.69) is 10.5 Å². The van der Waals surface area contributed by atoms with E-state index >= 15 is 0 Å². The second kappa shape index (κ2) is 9.04. The predicted octanol–water partition coefficient (Wildman–Crippen LogP) is 1.62. The largest absolute Gasteiger partial charge is 0.497 e. The highest BCUT2D eigenvalue weighted by Gasteiger charge is 2.20. The van der Waals surface area contributed by atoms with E-state index in [0.717, 1.165) is 10.6 Å². The monoisotopic (exact) mass is 391 g/mol. The van der Waals surface area contributed by atoms with E-state index in [0.29, 0.717) is 22.7 Å². The van der Waals surface area contributed by atoms with E-state index in [9.17, 15) is 13.2 Å². The third-order valence-corrected chi connectivity index (χ3v) is 4.71. The molecule has 2 aromatic rings. The molecule has 0 radical (unpaired) electrons. The number of nitrogens with zero attached hydrogens (tertiary/aromatic N) is 2. The molecule has 2 rings (SSSR count). The molecular weight excluding hydrogens is 370 g/mol. The SMILES string of the molecule is COc1ccc(/C=N\NC(=O)CN(c2ccccc2)S(C)(=O)=O)c(OC)c1. The molecule has 0 heterocycles. The van der Waals surface area contributed by atoms with Crippen LogP contribution in [0.2, 0.25) is 0 Å². The van der Waals surface area contributed by atoms with E-state index in [4.69, 9.17) is 9.47 Å². The fourth-order valence-corrected chi connectivity index (χ4v) is 3.12. The molecule has 0 bridgehead atoms. The Morgan fingerprint density at radius 1 is 1.15 bits per heavy atom. The lowest BCUT2D eigenvalue weighted by Crippen LogP contribution is -2.38. The van der Waals surface area contributed by atoms with Crippen molar-refractivity contribution >= 4 is 27.8 Å². The van der Waals surface area contributed by atoms with E-state index in [1.165, 1.54) is 13.3 Å². The van der Waals surface area contributed by atoms with Crippen LogP contribution in [0.15, 0.2) is 53.6 Å². The molecular formula is C18H21N3O5S. The van der Waals surface area contributed by atoms with Gasteiger partial charge in [0, 0.05) is 11.6 Å². The Morgan fingerprint density at radius 2 is 1.85 bits per heavy atom. The van der Waals surface area contributed by atoms with Crippen LogP contribution in [-0.4, -0.2) is 47.6 Å². The van der Waals surface area contributed by atoms with Gasteiger partial charge >= 0.3 is 0 Å². The number of methoxy groups -OCH3 is 2. The number of hydrogen-bond acceptors (Lipinski definition) is 6. The molecule has 0 aromatic heterocycles. The van der Waals surface area contributed by atoms with Crippen LogP contribution in [0.1, 0.15) is 5.56 Å². The number of carbonyl (C=O) groups is 1. The average Bonchev–Trinajstić information content (AvgIpc) is 2.66. The molecule has 0 aliphatic carbocycles. The van der Waals surface area contributed by atoms with Gasteiger partial charge in [-0.25, -0.2) is 13.8 Å². The van der Waals surface area contributed by atoms with Crippen LogP contribution in [-0.2, 0) is 14.8 Å². The van der Waals surface area contributed by atoms with Crippen LogP contribution < -0.4 is 19.2 Å². The summed E-state index contributed by atoms with van der Waals surface area (Å²) < 4.78 is 35.3. The first-order valence-corrected chi connectivity index (χ1v) is 9.76. The molecule has 0 spiro atoms. The summed E-state index contributed by atoms with van der Waals surface area (Å²) in [5.74, 6) is 0.571. The maximum atomic E-state index is 12.1. The molecule has 1 amide bonds. The normalized spacial score (nSPS) is 11.2. The van der Waals surface area contributed by atoms with Crippen molar-refractivity contribution in [3.05, 3.63) is 54.1 Å². The number of ether oxygens (including phenoxy) is 2. The van der Waals surface area contributed by atoms with Gasteiger partial charge in [-0.3, -0.25) is 9.10 Å². The number of nitrogens with one attached hydrogen (secondary N) is 1. The standard InChI is InChI=1S/C18H21N3O5S/c1-25-16-10-9-14(17(11-16)26-2)12-19-20-18(22)13-21(27(3,23)24)15-7-5-4-6-8-15/h4-12H,13H2,1-3H3,(H,20,22)/b19-12-. The molecule has 0 aliphatic heterocycles. The number of hydrazone groups is 1. The molecule has 0 atom stereocenters. The Bertz CT molecular complexity index is 914. The third kappa shape index (κ3) is 5.71. The number of amides is 1. The van der Waals surface area contributed by atoms with Gasteiger partial charge in [-0.15, -0.1) is 0 Å². The molecule has 8 nitrogen and oxygen atoms in total. The maximum absolute atomic E-state index is 12.1. The second-order valence-corrected chi connectivity index (χ2v) is 7.41. The molecule has 0 saturated carbocycles. The zero-order chi connectivity index (χ0) is 19.9. The molecule has 0 unspecified atom stereocenters. The quantitative estimate of drug-likeness (QED) is 0.545. The minimum absolute atomic E-state index is 0.389. The summed E-state index contributed by atoms with van der Waals surface area (Å²) in [4.78, 5) is 12.1. The van der Waals surface area contributed by atoms with Crippen molar-refractivity contribution < 1.29 is 22.7 Å². The number of benzene rings is 2. The Labute approximate surface area is 158 Å². The number of para-hydroxylation sites is 1. The molecule has 2 aromatic carbocycles. The van der Waals surface area contributed by atoms with Crippen molar-refractivity contribution in [1.29, 1.82) is 0 Å². The summed E-state index contributed by atoms with van der Waals surface area (Å²) in [5, 5.41) is 3.87. The van der Waals surface area contributed by atoms with Gasteiger partial charge in [0.15, 0.2) is 0 Å². The third-order valence-electron chi connectivity index (χ3n) is 3.57. The summed E-state index contributed by atoms with van der Waals surface area (Å²) in [6.45, 7) is -0.389. The van der Waals surface area contributed by atoms with E-state index < -0.39 is 15.9 Å². The van der Waals surface area contributed by atoms with Crippen LogP contribution in [0.25, 0.3) is 0 Å². The predicted molar refractivity (Wildman–Crippen MR) is 104 cm³/mol. The molecule has 0 aliphatic rings. The van der Waals surface area contributed by atoms with Crippen LogP contribution in [0, 0.1) is 0 Å². The van der Waals surface area contributed by atoms with Gasteiger partial charge in [0.25, 0.3) is 5.91 Å². The first-order valence-electron chi connectivity index (χ1n) is 7.92. The number of hydrogen-bond donors (Lipinski definition) is 1. The van der Waals surface area contributed by atoms with Crippen molar-refractivity contribution in [1.82, 2.24) is 5.43 Å². The number of anilines is 1. The summed E-state index contributed by atoms with van der Waals surface area (Å²) in [6.07, 6.45) is 2.45. The molecule has 0 saturated heterocycles. The van der Waals surface area contributed by atoms with Crippen LogP contribution >= 0.6 is 0 Å². The van der Waals surface area contributed by atoms with Crippen LogP contribution in [0.3, 0.4) is 0 Å².